The van der Waals surface area contributed by atoms with Gasteiger partial charge in [0.05, 0.1) is 4.90 Å². The molecule has 1 aromatic heterocycles. The number of rotatable bonds is 5. The largest absolute Gasteiger partial charge is 0.366 e. The molecule has 1 aliphatic carbocycles. The molecule has 0 aliphatic heterocycles. The molecular formula is C17H21N3O2S. The number of benzene rings is 1. The molecule has 0 bridgehead atoms. The number of aryl methyl sites for hydroxylation is 1. The summed E-state index contributed by atoms with van der Waals surface area (Å²) in [5.74, 6) is 0.573. The van der Waals surface area contributed by atoms with E-state index in [0.29, 0.717) is 12.4 Å². The summed E-state index contributed by atoms with van der Waals surface area (Å²) in [5, 5.41) is 3.25. The lowest BCUT2D eigenvalue weighted by atomic mass is 10.0. The Morgan fingerprint density at radius 3 is 2.83 bits per heavy atom. The molecule has 0 spiro atoms. The molecule has 0 saturated heterocycles. The van der Waals surface area contributed by atoms with Gasteiger partial charge in [-0.3, -0.25) is 0 Å². The maximum Gasteiger partial charge on any atom is 0.242 e. The Labute approximate surface area is 137 Å². The first-order chi connectivity index (χ1) is 11.0. The van der Waals surface area contributed by atoms with Gasteiger partial charge in [-0.25, -0.2) is 17.7 Å². The van der Waals surface area contributed by atoms with Gasteiger partial charge in [-0.2, -0.15) is 0 Å². The number of nitrogens with one attached hydrogen (secondary N) is 1. The van der Waals surface area contributed by atoms with Crippen LogP contribution in [-0.4, -0.2) is 31.8 Å². The van der Waals surface area contributed by atoms with E-state index in [9.17, 15) is 8.42 Å². The van der Waals surface area contributed by atoms with Crippen molar-refractivity contribution in [2.45, 2.75) is 30.7 Å². The second-order valence-corrected chi connectivity index (χ2v) is 8.08. The number of hydrogen-bond acceptors (Lipinski definition) is 4. The van der Waals surface area contributed by atoms with E-state index in [2.05, 4.69) is 28.5 Å². The lowest BCUT2D eigenvalue weighted by molar-refractivity contribution is 0.520. The van der Waals surface area contributed by atoms with E-state index in [1.807, 2.05) is 0 Å². The fourth-order valence-corrected chi connectivity index (χ4v) is 3.84. The highest BCUT2D eigenvalue weighted by atomic mass is 32.2. The average Bonchev–Trinajstić information content (AvgIpc) is 3.02. The van der Waals surface area contributed by atoms with Crippen molar-refractivity contribution in [1.82, 2.24) is 9.29 Å². The van der Waals surface area contributed by atoms with Gasteiger partial charge < -0.3 is 5.32 Å². The van der Waals surface area contributed by atoms with Crippen LogP contribution >= 0.6 is 0 Å². The number of pyridine rings is 1. The SMILES string of the molecule is CN(C)S(=O)(=O)c1ccnc(NCc2cccc3c2CCC3)c1. The van der Waals surface area contributed by atoms with Gasteiger partial charge in [0, 0.05) is 32.9 Å². The molecule has 1 aromatic carbocycles. The summed E-state index contributed by atoms with van der Waals surface area (Å²) in [4.78, 5) is 4.48. The summed E-state index contributed by atoms with van der Waals surface area (Å²) in [5.41, 5.74) is 4.13. The molecule has 3 rings (SSSR count). The quantitative estimate of drug-likeness (QED) is 0.914. The van der Waals surface area contributed by atoms with Crippen molar-refractivity contribution >= 4 is 15.8 Å². The lowest BCUT2D eigenvalue weighted by Crippen LogP contribution is -2.22. The highest BCUT2D eigenvalue weighted by molar-refractivity contribution is 7.89. The Bertz CT molecular complexity index is 816. The average molecular weight is 331 g/mol. The van der Waals surface area contributed by atoms with E-state index in [4.69, 9.17) is 0 Å². The zero-order valence-electron chi connectivity index (χ0n) is 13.4. The van der Waals surface area contributed by atoms with Crippen molar-refractivity contribution in [1.29, 1.82) is 0 Å². The van der Waals surface area contributed by atoms with Gasteiger partial charge >= 0.3 is 0 Å². The molecule has 0 atom stereocenters. The van der Waals surface area contributed by atoms with E-state index in [1.165, 1.54) is 53.8 Å². The van der Waals surface area contributed by atoms with Crippen molar-refractivity contribution in [3.8, 4) is 0 Å². The Morgan fingerprint density at radius 1 is 1.22 bits per heavy atom. The van der Waals surface area contributed by atoms with E-state index in [-0.39, 0.29) is 4.90 Å². The molecule has 122 valence electrons. The number of sulfonamides is 1. The summed E-state index contributed by atoms with van der Waals surface area (Å²) in [6.07, 6.45) is 5.00. The molecule has 0 fully saturated rings. The summed E-state index contributed by atoms with van der Waals surface area (Å²) < 4.78 is 25.6. The molecular weight excluding hydrogens is 310 g/mol. The molecule has 0 radical (unpaired) electrons. The monoisotopic (exact) mass is 331 g/mol. The molecule has 1 heterocycles. The van der Waals surface area contributed by atoms with Gasteiger partial charge in [0.1, 0.15) is 5.82 Å². The summed E-state index contributed by atoms with van der Waals surface area (Å²) in [7, 11) is -0.391. The van der Waals surface area contributed by atoms with Crippen molar-refractivity contribution in [3.63, 3.8) is 0 Å². The molecule has 1 aliphatic rings. The maximum atomic E-state index is 12.2. The van der Waals surface area contributed by atoms with Crippen LogP contribution in [0.4, 0.5) is 5.82 Å². The first-order valence-corrected chi connectivity index (χ1v) is 9.14. The Morgan fingerprint density at radius 2 is 2.04 bits per heavy atom. The van der Waals surface area contributed by atoms with E-state index < -0.39 is 10.0 Å². The van der Waals surface area contributed by atoms with Gasteiger partial charge in [-0.05, 0) is 42.0 Å². The first-order valence-electron chi connectivity index (χ1n) is 7.70. The molecule has 2 aromatic rings. The van der Waals surface area contributed by atoms with Crippen molar-refractivity contribution in [2.75, 3.05) is 19.4 Å². The molecule has 0 unspecified atom stereocenters. The fraction of sp³-hybridized carbons (Fsp3) is 0.353. The summed E-state index contributed by atoms with van der Waals surface area (Å²) >= 11 is 0. The third-order valence-electron chi connectivity index (χ3n) is 4.21. The third kappa shape index (κ3) is 3.23. The molecule has 1 N–H and O–H groups in total. The predicted molar refractivity (Wildman–Crippen MR) is 90.9 cm³/mol. The second kappa shape index (κ2) is 6.29. The van der Waals surface area contributed by atoms with Crippen LogP contribution in [0.5, 0.6) is 0 Å². The standard InChI is InChI=1S/C17H21N3O2S/c1-20(2)23(21,22)15-9-10-18-17(11-15)19-12-14-7-3-5-13-6-4-8-16(13)14/h3,5,7,9-11H,4,6,8,12H2,1-2H3,(H,18,19). The second-order valence-electron chi connectivity index (χ2n) is 5.93. The van der Waals surface area contributed by atoms with Crippen LogP contribution in [0.15, 0.2) is 41.4 Å². The van der Waals surface area contributed by atoms with Crippen molar-refractivity contribution in [2.24, 2.45) is 0 Å². The third-order valence-corrected chi connectivity index (χ3v) is 6.02. The minimum Gasteiger partial charge on any atom is -0.366 e. The number of fused-ring (bicyclic) bond motifs is 1. The van der Waals surface area contributed by atoms with Crippen LogP contribution < -0.4 is 5.32 Å². The Balaban J connectivity index is 1.79. The molecule has 6 heteroatoms. The zero-order chi connectivity index (χ0) is 16.4. The van der Waals surface area contributed by atoms with Crippen molar-refractivity contribution in [3.05, 3.63) is 53.2 Å². The smallest absolute Gasteiger partial charge is 0.242 e. The van der Waals surface area contributed by atoms with Gasteiger partial charge in [0.15, 0.2) is 0 Å². The van der Waals surface area contributed by atoms with Gasteiger partial charge in [-0.1, -0.05) is 18.2 Å². The highest BCUT2D eigenvalue weighted by Gasteiger charge is 2.18. The number of aromatic nitrogens is 1. The topological polar surface area (TPSA) is 62.3 Å². The van der Waals surface area contributed by atoms with Crippen LogP contribution in [0.25, 0.3) is 0 Å². The predicted octanol–water partition coefficient (Wildman–Crippen LogP) is 2.43. The summed E-state index contributed by atoms with van der Waals surface area (Å²) in [6, 6.07) is 9.49. The van der Waals surface area contributed by atoms with Crippen LogP contribution in [0.2, 0.25) is 0 Å². The van der Waals surface area contributed by atoms with Crippen LogP contribution in [0, 0.1) is 0 Å². The Hall–Kier alpha value is -1.92. The van der Waals surface area contributed by atoms with Crippen LogP contribution in [-0.2, 0) is 29.4 Å². The highest BCUT2D eigenvalue weighted by Crippen LogP contribution is 2.26. The first kappa shape index (κ1) is 16.0. The van der Waals surface area contributed by atoms with Gasteiger partial charge in [0.25, 0.3) is 0 Å². The van der Waals surface area contributed by atoms with Crippen molar-refractivity contribution < 1.29 is 8.42 Å². The lowest BCUT2D eigenvalue weighted by Gasteiger charge is -2.13. The van der Waals surface area contributed by atoms with Gasteiger partial charge in [-0.15, -0.1) is 0 Å². The van der Waals surface area contributed by atoms with E-state index >= 15 is 0 Å². The van der Waals surface area contributed by atoms with Crippen LogP contribution in [0.1, 0.15) is 23.1 Å². The van der Waals surface area contributed by atoms with Crippen LogP contribution in [0.3, 0.4) is 0 Å². The van der Waals surface area contributed by atoms with E-state index in [0.717, 1.165) is 12.8 Å². The molecule has 0 saturated carbocycles. The molecule has 0 amide bonds. The Kier molecular flexibility index (Phi) is 4.37. The zero-order valence-corrected chi connectivity index (χ0v) is 14.2. The minimum absolute atomic E-state index is 0.248. The number of anilines is 1. The van der Waals surface area contributed by atoms with Gasteiger partial charge in [0.2, 0.25) is 10.0 Å². The van der Waals surface area contributed by atoms with E-state index in [1.54, 1.807) is 6.07 Å². The minimum atomic E-state index is -3.44. The normalized spacial score (nSPS) is 14.0. The summed E-state index contributed by atoms with van der Waals surface area (Å²) in [6.45, 7) is 0.654. The molecule has 5 nitrogen and oxygen atoms in total. The maximum absolute atomic E-state index is 12.2. The molecule has 23 heavy (non-hydrogen) atoms. The number of nitrogens with zero attached hydrogens (tertiary/aromatic N) is 2. The fourth-order valence-electron chi connectivity index (χ4n) is 2.93. The number of hydrogen-bond donors (Lipinski definition) is 1.